The maximum Gasteiger partial charge on any atom is 1.00 e. The maximum atomic E-state index is 13.1. The van der Waals surface area contributed by atoms with Crippen LogP contribution >= 0.6 is 0 Å². The summed E-state index contributed by atoms with van der Waals surface area (Å²) in [5, 5.41) is 2.53. The number of hydrazine groups is 1. The van der Waals surface area contributed by atoms with Crippen LogP contribution in [0.4, 0.5) is 0 Å². The molecule has 0 amide bonds. The molecule has 172 valence electrons. The number of hydrogen-bond acceptors (Lipinski definition) is 8. The minimum atomic E-state index is -5.11. The zero-order chi connectivity index (χ0) is 23.0. The van der Waals surface area contributed by atoms with Gasteiger partial charge in [0.05, 0.1) is 11.7 Å². The van der Waals surface area contributed by atoms with Crippen LogP contribution in [0.3, 0.4) is 0 Å². The molecule has 1 fully saturated rings. The van der Waals surface area contributed by atoms with Crippen molar-refractivity contribution in [1.82, 2.24) is 21.2 Å². The molecule has 1 aromatic heterocycles. The van der Waals surface area contributed by atoms with Gasteiger partial charge < -0.3 is 2.85 Å². The zero-order valence-electron chi connectivity index (χ0n) is 20.5. The number of hydrogen-bond donors (Lipinski definition) is 5. The molecule has 1 aliphatic heterocycles. The van der Waals surface area contributed by atoms with Crippen LogP contribution in [0.15, 0.2) is 85.1 Å². The molecule has 0 saturated carbocycles. The number of pyridine rings is 1. The molecule has 1 saturated heterocycles. The Morgan fingerprint density at radius 2 is 1.35 bits per heavy atom. The van der Waals surface area contributed by atoms with Crippen molar-refractivity contribution in [2.24, 2.45) is 0 Å². The van der Waals surface area contributed by atoms with Gasteiger partial charge in [0.15, 0.2) is 4.87 Å². The summed E-state index contributed by atoms with van der Waals surface area (Å²) >= 11 is 0. The van der Waals surface area contributed by atoms with Crippen LogP contribution in [0.1, 0.15) is 25.7 Å². The predicted molar refractivity (Wildman–Crippen MR) is 118 cm³/mol. The maximum absolute atomic E-state index is 13.1. The van der Waals surface area contributed by atoms with Crippen LogP contribution < -0.4 is 75.3 Å². The first kappa shape index (κ1) is 29.5. The molecule has 34 heavy (non-hydrogen) atoms. The van der Waals surface area contributed by atoms with Crippen LogP contribution in [0, 0.1) is 0 Å². The molecular formula is C20H22N4Na2O6S2. The molecular weight excluding hydrogens is 502 g/mol. The fourth-order valence-electron chi connectivity index (χ4n) is 3.85. The smallest absolute Gasteiger partial charge is 1.00 e. The molecule has 14 heteroatoms. The largest absolute Gasteiger partial charge is 1.00 e. The van der Waals surface area contributed by atoms with E-state index in [-0.39, 0.29) is 73.2 Å². The Morgan fingerprint density at radius 3 is 1.85 bits per heavy atom. The van der Waals surface area contributed by atoms with Crippen LogP contribution in [-0.2, 0) is 30.1 Å². The van der Waals surface area contributed by atoms with Crippen molar-refractivity contribution < 1.29 is 87.9 Å². The summed E-state index contributed by atoms with van der Waals surface area (Å²) in [4.78, 5) is -1.07. The Kier molecular flexibility index (Phi) is 9.67. The second-order valence-corrected chi connectivity index (χ2v) is 10.3. The molecule has 1 aliphatic rings. The summed E-state index contributed by atoms with van der Waals surface area (Å²) in [6.07, 6.45) is 1.28. The van der Waals surface area contributed by atoms with E-state index in [2.05, 4.69) is 21.2 Å². The molecule has 2 aromatic carbocycles. The third-order valence-electron chi connectivity index (χ3n) is 5.32. The van der Waals surface area contributed by atoms with Crippen molar-refractivity contribution in [2.75, 3.05) is 0 Å². The van der Waals surface area contributed by atoms with E-state index in [9.17, 15) is 25.9 Å². The molecule has 0 radical (unpaired) electrons. The number of nitrogens with zero attached hydrogens (tertiary/aromatic N) is 1. The fraction of sp³-hybridized carbons (Fsp3) is 0.150. The second-order valence-electron chi connectivity index (χ2n) is 7.19. The molecule has 0 spiro atoms. The second kappa shape index (κ2) is 11.1. The predicted octanol–water partition coefficient (Wildman–Crippen LogP) is -4.51. The first-order chi connectivity index (χ1) is 15.1. The van der Waals surface area contributed by atoms with E-state index in [1.165, 1.54) is 36.5 Å². The average Bonchev–Trinajstić information content (AvgIpc) is 2.79. The Balaban J connectivity index is 0.00000306. The van der Waals surface area contributed by atoms with Gasteiger partial charge in [-0.1, -0.05) is 66.7 Å². The van der Waals surface area contributed by atoms with Gasteiger partial charge in [-0.25, -0.2) is 10.9 Å². The Labute approximate surface area is 245 Å². The summed E-state index contributed by atoms with van der Waals surface area (Å²) in [5.41, 5.74) is 5.40. The molecule has 2 heterocycles. The zero-order valence-corrected chi connectivity index (χ0v) is 24.1. The Bertz CT molecular complexity index is 1330. The summed E-state index contributed by atoms with van der Waals surface area (Å²) in [5.74, 6) is 0. The SMILES string of the molecule is O=S(=O)(O)C1(c2ccccn2)NNC(c2ccccc2)C(c2ccccc2)(S(=O)(=O)O)N1.[H-].[H-].[Na+].[Na+]. The molecule has 3 aromatic rings. The molecule has 5 N–H and O–H groups in total. The van der Waals surface area contributed by atoms with E-state index < -0.39 is 36.1 Å². The molecule has 3 atom stereocenters. The van der Waals surface area contributed by atoms with Gasteiger partial charge in [-0.15, -0.1) is 0 Å². The van der Waals surface area contributed by atoms with E-state index in [1.807, 2.05) is 0 Å². The number of benzene rings is 2. The molecule has 4 rings (SSSR count). The number of nitrogens with one attached hydrogen (secondary N) is 3. The van der Waals surface area contributed by atoms with E-state index in [0.29, 0.717) is 5.56 Å². The molecule has 0 bridgehead atoms. The quantitative estimate of drug-likeness (QED) is 0.163. The van der Waals surface area contributed by atoms with E-state index in [0.717, 1.165) is 0 Å². The monoisotopic (exact) mass is 524 g/mol. The van der Waals surface area contributed by atoms with E-state index in [1.54, 1.807) is 48.5 Å². The first-order valence-corrected chi connectivity index (χ1v) is 12.3. The average molecular weight is 525 g/mol. The summed E-state index contributed by atoms with van der Waals surface area (Å²) in [7, 11) is -10.2. The van der Waals surface area contributed by atoms with Crippen molar-refractivity contribution in [3.8, 4) is 0 Å². The van der Waals surface area contributed by atoms with Crippen molar-refractivity contribution in [3.63, 3.8) is 0 Å². The van der Waals surface area contributed by atoms with Crippen molar-refractivity contribution in [3.05, 3.63) is 102 Å². The van der Waals surface area contributed by atoms with Gasteiger partial charge >= 0.3 is 69.2 Å². The molecule has 3 unspecified atom stereocenters. The Hall–Kier alpha value is -0.710. The van der Waals surface area contributed by atoms with Crippen LogP contribution in [-0.4, -0.2) is 30.9 Å². The van der Waals surface area contributed by atoms with Crippen molar-refractivity contribution >= 4 is 20.2 Å². The van der Waals surface area contributed by atoms with Gasteiger partial charge in [0.1, 0.15) is 0 Å². The third kappa shape index (κ3) is 5.06. The van der Waals surface area contributed by atoms with Crippen LogP contribution in [0.5, 0.6) is 0 Å². The fourth-order valence-corrected chi connectivity index (χ4v) is 5.99. The minimum absolute atomic E-state index is 0. The standard InChI is InChI=1S/C20H20N4O6S2.2Na.2H/c25-31(26,27)19(16-11-5-2-6-12-16)18(15-9-3-1-4-10-15)22-24-20(23-19,32(28,29)30)17-13-7-8-14-21-17;;;;/h1-14,18,22-24H,(H,25,26,27)(H,28,29,30);;;;/q;2*+1;2*-1. The topological polar surface area (TPSA) is 158 Å². The van der Waals surface area contributed by atoms with Crippen LogP contribution in [0.25, 0.3) is 0 Å². The van der Waals surface area contributed by atoms with Gasteiger partial charge in [0, 0.05) is 6.20 Å². The van der Waals surface area contributed by atoms with Gasteiger partial charge in [0.25, 0.3) is 15.1 Å². The summed E-state index contributed by atoms with van der Waals surface area (Å²) in [6.45, 7) is 0. The van der Waals surface area contributed by atoms with Gasteiger partial charge in [-0.05, 0) is 23.3 Å². The minimum Gasteiger partial charge on any atom is -1.00 e. The summed E-state index contributed by atoms with van der Waals surface area (Å²) < 4.78 is 72.3. The van der Waals surface area contributed by atoms with Crippen molar-refractivity contribution in [2.45, 2.75) is 15.9 Å². The van der Waals surface area contributed by atoms with Gasteiger partial charge in [-0.3, -0.25) is 19.4 Å². The number of aromatic nitrogens is 1. The third-order valence-corrected chi connectivity index (χ3v) is 7.89. The number of rotatable bonds is 5. The van der Waals surface area contributed by atoms with E-state index in [4.69, 9.17) is 0 Å². The normalized spacial score (nSPS) is 24.9. The molecule has 0 aliphatic carbocycles. The van der Waals surface area contributed by atoms with Gasteiger partial charge in [0.2, 0.25) is 0 Å². The first-order valence-electron chi connectivity index (χ1n) is 9.40. The van der Waals surface area contributed by atoms with Crippen LogP contribution in [0.2, 0.25) is 0 Å². The van der Waals surface area contributed by atoms with Crippen molar-refractivity contribution in [1.29, 1.82) is 0 Å². The summed E-state index contributed by atoms with van der Waals surface area (Å²) in [6, 6.07) is 18.9. The van der Waals surface area contributed by atoms with E-state index >= 15 is 0 Å². The molecule has 10 nitrogen and oxygen atoms in total. The Morgan fingerprint density at radius 1 is 0.794 bits per heavy atom. The van der Waals surface area contributed by atoms with Gasteiger partial charge in [-0.2, -0.15) is 16.8 Å².